The van der Waals surface area contributed by atoms with Crippen molar-refractivity contribution in [3.05, 3.63) is 35.6 Å². The Morgan fingerprint density at radius 3 is 2.33 bits per heavy atom. The van der Waals surface area contributed by atoms with Crippen LogP contribution in [0, 0.1) is 11.7 Å². The highest BCUT2D eigenvalue weighted by molar-refractivity contribution is 5.96. The lowest BCUT2D eigenvalue weighted by atomic mass is 9.93. The number of amides is 3. The first kappa shape index (κ1) is 19.3. The number of carbonyl (C=O) groups excluding carboxylic acids is 3. The third kappa shape index (κ3) is 5.28. The summed E-state index contributed by atoms with van der Waals surface area (Å²) in [6.07, 6.45) is 4.38. The molecular formula is C20H26FN3O3. The molecule has 7 heteroatoms. The highest BCUT2D eigenvalue weighted by Crippen LogP contribution is 2.22. The molecule has 27 heavy (non-hydrogen) atoms. The number of piperidine rings is 1. The zero-order valence-corrected chi connectivity index (χ0v) is 15.5. The van der Waals surface area contributed by atoms with Crippen molar-refractivity contribution in [3.63, 3.8) is 0 Å². The lowest BCUT2D eigenvalue weighted by Gasteiger charge is -2.32. The van der Waals surface area contributed by atoms with E-state index in [1.165, 1.54) is 18.2 Å². The Kier molecular flexibility index (Phi) is 6.42. The second-order valence-electron chi connectivity index (χ2n) is 7.31. The van der Waals surface area contributed by atoms with Gasteiger partial charge >= 0.3 is 0 Å². The Hall–Kier alpha value is -2.44. The zero-order chi connectivity index (χ0) is 19.2. The van der Waals surface area contributed by atoms with Crippen LogP contribution in [0.15, 0.2) is 24.3 Å². The Bertz CT molecular complexity index is 695. The molecule has 0 atom stereocenters. The highest BCUT2D eigenvalue weighted by Gasteiger charge is 2.27. The van der Waals surface area contributed by atoms with Crippen molar-refractivity contribution in [2.24, 2.45) is 5.92 Å². The van der Waals surface area contributed by atoms with Crippen LogP contribution in [0.4, 0.5) is 4.39 Å². The van der Waals surface area contributed by atoms with E-state index in [4.69, 9.17) is 0 Å². The van der Waals surface area contributed by atoms with Gasteiger partial charge in [-0.15, -0.1) is 0 Å². The molecule has 0 bridgehead atoms. The fourth-order valence-electron chi connectivity index (χ4n) is 3.73. The molecule has 0 aromatic heterocycles. The van der Waals surface area contributed by atoms with Crippen molar-refractivity contribution < 1.29 is 18.8 Å². The first-order chi connectivity index (χ1) is 13.0. The van der Waals surface area contributed by atoms with E-state index >= 15 is 0 Å². The second kappa shape index (κ2) is 8.97. The van der Waals surface area contributed by atoms with Crippen LogP contribution in [0.1, 0.15) is 42.5 Å². The first-order valence-corrected chi connectivity index (χ1v) is 9.62. The summed E-state index contributed by atoms with van der Waals surface area (Å²) in [4.78, 5) is 40.2. The summed E-state index contributed by atoms with van der Waals surface area (Å²) in [5.41, 5.74) is 0.196. The van der Waals surface area contributed by atoms with Gasteiger partial charge in [0.2, 0.25) is 11.8 Å². The van der Waals surface area contributed by atoms with E-state index in [0.29, 0.717) is 25.4 Å². The van der Waals surface area contributed by atoms with Gasteiger partial charge in [-0.1, -0.05) is 6.07 Å². The van der Waals surface area contributed by atoms with Gasteiger partial charge in [0.05, 0.1) is 6.54 Å². The molecule has 2 aliphatic rings. The molecule has 6 nitrogen and oxygen atoms in total. The number of rotatable bonds is 5. The quantitative estimate of drug-likeness (QED) is 0.853. The van der Waals surface area contributed by atoms with Crippen LogP contribution >= 0.6 is 0 Å². The maximum atomic E-state index is 13.2. The van der Waals surface area contributed by atoms with Crippen LogP contribution < -0.4 is 5.32 Å². The number of nitrogens with zero attached hydrogens (tertiary/aromatic N) is 2. The van der Waals surface area contributed by atoms with E-state index in [0.717, 1.165) is 44.8 Å². The molecule has 3 rings (SSSR count). The number of hydrogen-bond acceptors (Lipinski definition) is 3. The molecule has 0 radical (unpaired) electrons. The van der Waals surface area contributed by atoms with Gasteiger partial charge in [0, 0.05) is 38.2 Å². The fourth-order valence-corrected chi connectivity index (χ4v) is 3.73. The molecule has 2 fully saturated rings. The van der Waals surface area contributed by atoms with Crippen LogP contribution in [-0.4, -0.2) is 60.2 Å². The number of benzene rings is 1. The van der Waals surface area contributed by atoms with Gasteiger partial charge in [-0.3, -0.25) is 14.4 Å². The molecule has 3 amide bonds. The average Bonchev–Trinajstić information content (AvgIpc) is 3.21. The van der Waals surface area contributed by atoms with Crippen molar-refractivity contribution >= 4 is 17.7 Å². The number of halogens is 1. The summed E-state index contributed by atoms with van der Waals surface area (Å²) < 4.78 is 13.2. The minimum atomic E-state index is -0.487. The monoisotopic (exact) mass is 375 g/mol. The van der Waals surface area contributed by atoms with Gasteiger partial charge in [0.1, 0.15) is 5.82 Å². The van der Waals surface area contributed by atoms with Crippen LogP contribution in [0.3, 0.4) is 0 Å². The summed E-state index contributed by atoms with van der Waals surface area (Å²) in [5.74, 6) is -0.541. The molecule has 0 saturated carbocycles. The topological polar surface area (TPSA) is 69.7 Å². The maximum Gasteiger partial charge on any atom is 0.251 e. The third-order valence-electron chi connectivity index (χ3n) is 5.38. The third-order valence-corrected chi connectivity index (χ3v) is 5.38. The van der Waals surface area contributed by atoms with Crippen molar-refractivity contribution in [3.8, 4) is 0 Å². The molecule has 1 N–H and O–H groups in total. The van der Waals surface area contributed by atoms with Crippen molar-refractivity contribution in [1.29, 1.82) is 0 Å². The van der Waals surface area contributed by atoms with Crippen molar-refractivity contribution in [2.75, 3.05) is 32.7 Å². The number of hydrogen-bond donors (Lipinski definition) is 1. The van der Waals surface area contributed by atoms with Gasteiger partial charge in [-0.2, -0.15) is 0 Å². The molecule has 2 saturated heterocycles. The molecule has 1 aromatic carbocycles. The smallest absolute Gasteiger partial charge is 0.251 e. The molecule has 146 valence electrons. The Balaban J connectivity index is 1.39. The average molecular weight is 375 g/mol. The standard InChI is InChI=1S/C20H26FN3O3/c21-17-5-3-4-16(13-17)20(27)22-14-19(26)24-10-6-15(7-11-24)12-18(25)23-8-1-2-9-23/h3-5,13,15H,1-2,6-12,14H2,(H,22,27). The van der Waals surface area contributed by atoms with E-state index in [1.807, 2.05) is 4.90 Å². The second-order valence-corrected chi connectivity index (χ2v) is 7.31. The SMILES string of the molecule is O=C(NCC(=O)N1CCC(CC(=O)N2CCCC2)CC1)c1cccc(F)c1. The molecule has 0 aliphatic carbocycles. The predicted molar refractivity (Wildman–Crippen MR) is 98.5 cm³/mol. The number of carbonyl (C=O) groups is 3. The predicted octanol–water partition coefficient (Wildman–Crippen LogP) is 1.81. The van der Waals surface area contributed by atoms with Gasteiger partial charge < -0.3 is 15.1 Å². The summed E-state index contributed by atoms with van der Waals surface area (Å²) in [6.45, 7) is 2.86. The number of likely N-dealkylation sites (tertiary alicyclic amines) is 2. The van der Waals surface area contributed by atoms with Crippen LogP contribution in [0.5, 0.6) is 0 Å². The summed E-state index contributed by atoms with van der Waals surface area (Å²) in [6, 6.07) is 5.37. The minimum Gasteiger partial charge on any atom is -0.343 e. The summed E-state index contributed by atoms with van der Waals surface area (Å²) >= 11 is 0. The highest BCUT2D eigenvalue weighted by atomic mass is 19.1. The van der Waals surface area contributed by atoms with E-state index < -0.39 is 11.7 Å². The lowest BCUT2D eigenvalue weighted by molar-refractivity contribution is -0.133. The largest absolute Gasteiger partial charge is 0.343 e. The normalized spacial score (nSPS) is 17.8. The van der Waals surface area contributed by atoms with Gasteiger partial charge in [0.15, 0.2) is 0 Å². The molecular weight excluding hydrogens is 349 g/mol. The van der Waals surface area contributed by atoms with E-state index in [-0.39, 0.29) is 23.9 Å². The minimum absolute atomic E-state index is 0.104. The van der Waals surface area contributed by atoms with E-state index in [9.17, 15) is 18.8 Å². The van der Waals surface area contributed by atoms with Crippen LogP contribution in [-0.2, 0) is 9.59 Å². The lowest BCUT2D eigenvalue weighted by Crippen LogP contribution is -2.44. The van der Waals surface area contributed by atoms with Gasteiger partial charge in [-0.25, -0.2) is 4.39 Å². The van der Waals surface area contributed by atoms with Crippen molar-refractivity contribution in [2.45, 2.75) is 32.1 Å². The Morgan fingerprint density at radius 2 is 1.67 bits per heavy atom. The fraction of sp³-hybridized carbons (Fsp3) is 0.550. The van der Waals surface area contributed by atoms with E-state index in [2.05, 4.69) is 5.32 Å². The van der Waals surface area contributed by atoms with E-state index in [1.54, 1.807) is 4.90 Å². The van der Waals surface area contributed by atoms with Crippen LogP contribution in [0.2, 0.25) is 0 Å². The Labute approximate surface area is 158 Å². The molecule has 1 aromatic rings. The van der Waals surface area contributed by atoms with Crippen LogP contribution in [0.25, 0.3) is 0 Å². The van der Waals surface area contributed by atoms with Gasteiger partial charge in [0.25, 0.3) is 5.91 Å². The molecule has 0 spiro atoms. The molecule has 2 aliphatic heterocycles. The van der Waals surface area contributed by atoms with Gasteiger partial charge in [-0.05, 0) is 49.8 Å². The first-order valence-electron chi connectivity index (χ1n) is 9.62. The summed E-state index contributed by atoms with van der Waals surface area (Å²) in [7, 11) is 0. The summed E-state index contributed by atoms with van der Waals surface area (Å²) in [5, 5.41) is 2.55. The molecule has 0 unspecified atom stereocenters. The maximum absolute atomic E-state index is 13.2. The zero-order valence-electron chi connectivity index (χ0n) is 15.5. The molecule has 2 heterocycles. The Morgan fingerprint density at radius 1 is 1.00 bits per heavy atom. The number of nitrogens with one attached hydrogen (secondary N) is 1. The van der Waals surface area contributed by atoms with Crippen molar-refractivity contribution in [1.82, 2.24) is 15.1 Å².